The summed E-state index contributed by atoms with van der Waals surface area (Å²) in [5, 5.41) is 7.57. The molecule has 10 aromatic carbocycles. The Kier molecular flexibility index (Phi) is 7.81. The molecule has 0 amide bonds. The lowest BCUT2D eigenvalue weighted by atomic mass is 9.81. The average molecular weight is 805 g/mol. The quantitative estimate of drug-likeness (QED) is 0.129. The molecule has 0 N–H and O–H groups in total. The van der Waals surface area contributed by atoms with Gasteiger partial charge in [-0.15, -0.1) is 0 Å². The SMILES string of the molecule is CC1(C)c2cc(/C=C/c3cc4c5ccccc5c(N5c6ccccc6Cc6ccccc65)cc4c4ccccc34)ccc2-c2ccc(N3c4ccccc4Cc4ccccc43)cc21. The molecule has 10 aromatic rings. The van der Waals surface area contributed by atoms with Crippen molar-refractivity contribution in [3.05, 3.63) is 239 Å². The zero-order chi connectivity index (χ0) is 41.8. The Morgan fingerprint density at radius 1 is 0.365 bits per heavy atom. The molecular formula is C61H44N2. The maximum absolute atomic E-state index is 2.50. The van der Waals surface area contributed by atoms with E-state index >= 15 is 0 Å². The van der Waals surface area contributed by atoms with E-state index in [0.717, 1.165) is 12.8 Å². The molecule has 0 aromatic heterocycles. The topological polar surface area (TPSA) is 6.48 Å². The monoisotopic (exact) mass is 804 g/mol. The molecule has 63 heavy (non-hydrogen) atoms. The van der Waals surface area contributed by atoms with Crippen LogP contribution in [0.1, 0.15) is 58.4 Å². The van der Waals surface area contributed by atoms with Gasteiger partial charge in [-0.05, 0) is 131 Å². The van der Waals surface area contributed by atoms with Crippen LogP contribution in [0.4, 0.5) is 34.1 Å². The van der Waals surface area contributed by atoms with Crippen LogP contribution >= 0.6 is 0 Å². The molecule has 0 bridgehead atoms. The smallest absolute Gasteiger partial charge is 0.0546 e. The summed E-state index contributed by atoms with van der Waals surface area (Å²) in [7, 11) is 0. The molecular weight excluding hydrogens is 761 g/mol. The highest BCUT2D eigenvalue weighted by Gasteiger charge is 2.37. The number of hydrogen-bond acceptors (Lipinski definition) is 2. The Hall–Kier alpha value is -7.68. The third-order valence-electron chi connectivity index (χ3n) is 14.2. The standard InChI is InChI=1S/C61H44N2/c1-61(2)54-33-39(28-31-49(54)50-32-30-45(37-55(50)61)62-56-23-11-3-15-41(56)34-42-16-4-12-24-57(42)62)27-29-40-36-52-48-21-9-10-22-51(48)60(38-53(52)47-20-8-7-19-46(40)47)63-58-25-13-5-17-43(58)35-44-18-6-14-26-59(44)63/h3-33,36-38H,34-35H2,1-2H3/b29-27+. The molecule has 0 unspecified atom stereocenters. The third kappa shape index (κ3) is 5.44. The first kappa shape index (κ1) is 36.0. The fourth-order valence-electron chi connectivity index (χ4n) is 11.2. The van der Waals surface area contributed by atoms with Crippen molar-refractivity contribution in [2.45, 2.75) is 32.1 Å². The van der Waals surface area contributed by atoms with Crippen LogP contribution in [0.25, 0.3) is 55.6 Å². The van der Waals surface area contributed by atoms with E-state index in [0.29, 0.717) is 0 Å². The lowest BCUT2D eigenvalue weighted by molar-refractivity contribution is 0.660. The second kappa shape index (κ2) is 13.7. The lowest BCUT2D eigenvalue weighted by Crippen LogP contribution is -2.20. The van der Waals surface area contributed by atoms with Crippen LogP contribution < -0.4 is 9.80 Å². The van der Waals surface area contributed by atoms with Crippen molar-refractivity contribution >= 4 is 78.6 Å². The van der Waals surface area contributed by atoms with E-state index in [1.165, 1.54) is 122 Å². The minimum absolute atomic E-state index is 0.166. The van der Waals surface area contributed by atoms with Gasteiger partial charge in [0.2, 0.25) is 0 Å². The van der Waals surface area contributed by atoms with Crippen molar-refractivity contribution in [3.8, 4) is 11.1 Å². The van der Waals surface area contributed by atoms with Gasteiger partial charge in [-0.25, -0.2) is 0 Å². The summed E-state index contributed by atoms with van der Waals surface area (Å²) in [6, 6.07) is 72.5. The van der Waals surface area contributed by atoms with Crippen molar-refractivity contribution in [1.82, 2.24) is 0 Å². The van der Waals surface area contributed by atoms with Crippen molar-refractivity contribution in [3.63, 3.8) is 0 Å². The summed E-state index contributed by atoms with van der Waals surface area (Å²) in [5.41, 5.74) is 20.6. The predicted molar refractivity (Wildman–Crippen MR) is 267 cm³/mol. The van der Waals surface area contributed by atoms with Gasteiger partial charge in [0.1, 0.15) is 0 Å². The van der Waals surface area contributed by atoms with Crippen LogP contribution in [0.2, 0.25) is 0 Å². The van der Waals surface area contributed by atoms with E-state index in [1.807, 2.05) is 0 Å². The zero-order valence-corrected chi connectivity index (χ0v) is 35.4. The van der Waals surface area contributed by atoms with E-state index in [2.05, 4.69) is 230 Å². The largest absolute Gasteiger partial charge is 0.310 e. The zero-order valence-electron chi connectivity index (χ0n) is 35.4. The predicted octanol–water partition coefficient (Wildman–Crippen LogP) is 16.4. The molecule has 2 nitrogen and oxygen atoms in total. The number of rotatable bonds is 4. The summed E-state index contributed by atoms with van der Waals surface area (Å²) in [5.74, 6) is 0. The van der Waals surface area contributed by atoms with Crippen molar-refractivity contribution in [2.24, 2.45) is 0 Å². The first-order valence-corrected chi connectivity index (χ1v) is 22.3. The van der Waals surface area contributed by atoms with Gasteiger partial charge >= 0.3 is 0 Å². The van der Waals surface area contributed by atoms with Gasteiger partial charge in [0.05, 0.1) is 5.69 Å². The number of nitrogens with zero attached hydrogens (tertiary/aromatic N) is 2. The van der Waals surface area contributed by atoms with E-state index in [1.54, 1.807) is 0 Å². The Bertz CT molecular complexity index is 3480. The van der Waals surface area contributed by atoms with Crippen LogP contribution in [-0.4, -0.2) is 0 Å². The van der Waals surface area contributed by atoms with Gasteiger partial charge < -0.3 is 9.80 Å². The van der Waals surface area contributed by atoms with Gasteiger partial charge in [0.25, 0.3) is 0 Å². The summed E-state index contributed by atoms with van der Waals surface area (Å²) in [4.78, 5) is 4.96. The van der Waals surface area contributed by atoms with Gasteiger partial charge in [0, 0.05) is 52.1 Å². The third-order valence-corrected chi connectivity index (χ3v) is 14.2. The molecule has 1 aliphatic carbocycles. The average Bonchev–Trinajstić information content (AvgIpc) is 3.55. The van der Waals surface area contributed by atoms with E-state index in [4.69, 9.17) is 0 Å². The second-order valence-electron chi connectivity index (χ2n) is 18.1. The maximum atomic E-state index is 2.50. The minimum Gasteiger partial charge on any atom is -0.310 e. The van der Waals surface area contributed by atoms with E-state index in [9.17, 15) is 0 Å². The number of para-hydroxylation sites is 4. The fraction of sp³-hybridized carbons (Fsp3) is 0.0820. The Balaban J connectivity index is 0.904. The molecule has 13 rings (SSSR count). The number of fused-ring (bicyclic) bond motifs is 12. The normalized spacial score (nSPS) is 14.4. The summed E-state index contributed by atoms with van der Waals surface area (Å²) < 4.78 is 0. The molecule has 2 heterocycles. The number of anilines is 6. The Morgan fingerprint density at radius 3 is 1.43 bits per heavy atom. The summed E-state index contributed by atoms with van der Waals surface area (Å²) in [6.45, 7) is 4.79. The first-order chi connectivity index (χ1) is 31.0. The molecule has 0 fully saturated rings. The molecule has 0 saturated heterocycles. The van der Waals surface area contributed by atoms with Gasteiger partial charge in [-0.2, -0.15) is 0 Å². The van der Waals surface area contributed by atoms with Crippen LogP contribution in [0.15, 0.2) is 194 Å². The van der Waals surface area contributed by atoms with E-state index < -0.39 is 0 Å². The molecule has 0 atom stereocenters. The second-order valence-corrected chi connectivity index (χ2v) is 18.1. The van der Waals surface area contributed by atoms with Crippen molar-refractivity contribution in [2.75, 3.05) is 9.80 Å². The van der Waals surface area contributed by atoms with Gasteiger partial charge in [-0.1, -0.05) is 172 Å². The molecule has 298 valence electrons. The van der Waals surface area contributed by atoms with Gasteiger partial charge in [-0.3, -0.25) is 0 Å². The van der Waals surface area contributed by atoms with Crippen molar-refractivity contribution < 1.29 is 0 Å². The summed E-state index contributed by atoms with van der Waals surface area (Å²) >= 11 is 0. The highest BCUT2D eigenvalue weighted by Crippen LogP contribution is 2.53. The van der Waals surface area contributed by atoms with E-state index in [-0.39, 0.29) is 5.41 Å². The lowest BCUT2D eigenvalue weighted by Gasteiger charge is -2.34. The number of benzene rings is 10. The Labute approximate surface area is 368 Å². The molecule has 0 spiro atoms. The van der Waals surface area contributed by atoms with Crippen LogP contribution in [0.5, 0.6) is 0 Å². The first-order valence-electron chi connectivity index (χ1n) is 22.3. The van der Waals surface area contributed by atoms with Crippen LogP contribution in [-0.2, 0) is 18.3 Å². The highest BCUT2D eigenvalue weighted by atomic mass is 15.2. The highest BCUT2D eigenvalue weighted by molar-refractivity contribution is 6.23. The van der Waals surface area contributed by atoms with Gasteiger partial charge in [0.15, 0.2) is 0 Å². The minimum atomic E-state index is -0.166. The molecule has 3 aliphatic rings. The maximum Gasteiger partial charge on any atom is 0.0546 e. The van der Waals surface area contributed by atoms with Crippen molar-refractivity contribution in [1.29, 1.82) is 0 Å². The fourth-order valence-corrected chi connectivity index (χ4v) is 11.2. The molecule has 2 heteroatoms. The summed E-state index contributed by atoms with van der Waals surface area (Å²) in [6.07, 6.45) is 6.54. The molecule has 0 saturated carbocycles. The number of hydrogen-bond donors (Lipinski definition) is 0. The Morgan fingerprint density at radius 2 is 0.825 bits per heavy atom. The van der Waals surface area contributed by atoms with Crippen LogP contribution in [0.3, 0.4) is 0 Å². The molecule has 2 aliphatic heterocycles. The molecule has 0 radical (unpaired) electrons. The van der Waals surface area contributed by atoms with Crippen LogP contribution in [0, 0.1) is 0 Å².